The largest absolute Gasteiger partial charge is 0.397 e. The van der Waals surface area contributed by atoms with Crippen LogP contribution in [-0.2, 0) is 0 Å². The minimum absolute atomic E-state index is 0.188. The van der Waals surface area contributed by atoms with Gasteiger partial charge in [-0.2, -0.15) is 0 Å². The maximum absolute atomic E-state index is 12.2. The molecule has 0 spiro atoms. The van der Waals surface area contributed by atoms with Crippen LogP contribution in [0, 0.1) is 0 Å². The number of rotatable bonds is 2. The molecular formula is C13H8Cl4N2O. The van der Waals surface area contributed by atoms with Gasteiger partial charge in [-0.25, -0.2) is 0 Å². The van der Waals surface area contributed by atoms with Crippen molar-refractivity contribution in [1.29, 1.82) is 0 Å². The summed E-state index contributed by atoms with van der Waals surface area (Å²) in [7, 11) is 0. The van der Waals surface area contributed by atoms with Crippen molar-refractivity contribution in [2.45, 2.75) is 0 Å². The Hall–Kier alpha value is -1.13. The first kappa shape index (κ1) is 15.3. The molecule has 7 heteroatoms. The van der Waals surface area contributed by atoms with Gasteiger partial charge in [0, 0.05) is 5.02 Å². The minimum atomic E-state index is -0.462. The third kappa shape index (κ3) is 3.13. The molecule has 3 nitrogen and oxygen atoms in total. The number of anilines is 2. The molecule has 0 heterocycles. The van der Waals surface area contributed by atoms with Crippen molar-refractivity contribution in [1.82, 2.24) is 0 Å². The minimum Gasteiger partial charge on any atom is -0.397 e. The van der Waals surface area contributed by atoms with E-state index >= 15 is 0 Å². The monoisotopic (exact) mass is 348 g/mol. The van der Waals surface area contributed by atoms with E-state index in [-0.39, 0.29) is 27.0 Å². The lowest BCUT2D eigenvalue weighted by Gasteiger charge is -2.11. The molecule has 0 saturated carbocycles. The molecule has 2 aromatic rings. The van der Waals surface area contributed by atoms with Gasteiger partial charge in [0.05, 0.1) is 32.0 Å². The van der Waals surface area contributed by atoms with Crippen LogP contribution in [0.3, 0.4) is 0 Å². The van der Waals surface area contributed by atoms with E-state index in [1.165, 1.54) is 12.1 Å². The van der Waals surface area contributed by atoms with E-state index in [9.17, 15) is 4.79 Å². The topological polar surface area (TPSA) is 55.1 Å². The molecule has 1 amide bonds. The zero-order valence-corrected chi connectivity index (χ0v) is 12.9. The molecule has 0 aliphatic rings. The fraction of sp³-hybridized carbons (Fsp3) is 0. The molecule has 0 aliphatic heterocycles. The van der Waals surface area contributed by atoms with Crippen molar-refractivity contribution in [2.75, 3.05) is 11.1 Å². The highest BCUT2D eigenvalue weighted by Crippen LogP contribution is 2.34. The van der Waals surface area contributed by atoms with E-state index in [1.807, 2.05) is 0 Å². The number of benzene rings is 2. The molecule has 0 aromatic heterocycles. The second kappa shape index (κ2) is 6.10. The number of halogens is 4. The lowest BCUT2D eigenvalue weighted by Crippen LogP contribution is -2.14. The normalized spacial score (nSPS) is 10.4. The first-order chi connectivity index (χ1) is 9.40. The van der Waals surface area contributed by atoms with Crippen LogP contribution in [0.25, 0.3) is 0 Å². The highest BCUT2D eigenvalue weighted by Gasteiger charge is 2.15. The molecule has 0 unspecified atom stereocenters. The Bertz CT molecular complexity index is 665. The van der Waals surface area contributed by atoms with Crippen LogP contribution < -0.4 is 11.1 Å². The molecule has 104 valence electrons. The number of para-hydroxylation sites is 1. The van der Waals surface area contributed by atoms with Gasteiger partial charge in [0.2, 0.25) is 0 Å². The summed E-state index contributed by atoms with van der Waals surface area (Å²) in [6, 6.07) is 7.72. The summed E-state index contributed by atoms with van der Waals surface area (Å²) in [6.45, 7) is 0. The fourth-order valence-corrected chi connectivity index (χ4v) is 2.66. The summed E-state index contributed by atoms with van der Waals surface area (Å²) < 4.78 is 0. The summed E-state index contributed by atoms with van der Waals surface area (Å²) in [5.41, 5.74) is 6.45. The number of carbonyl (C=O) groups is 1. The molecule has 0 radical (unpaired) electrons. The molecule has 0 fully saturated rings. The Morgan fingerprint density at radius 1 is 1.00 bits per heavy atom. The molecular weight excluding hydrogens is 342 g/mol. The summed E-state index contributed by atoms with van der Waals surface area (Å²) >= 11 is 23.7. The van der Waals surface area contributed by atoms with Gasteiger partial charge in [-0.3, -0.25) is 4.79 Å². The first-order valence-corrected chi connectivity index (χ1v) is 6.91. The van der Waals surface area contributed by atoms with E-state index in [1.54, 1.807) is 18.2 Å². The van der Waals surface area contributed by atoms with Crippen molar-refractivity contribution in [2.24, 2.45) is 0 Å². The van der Waals surface area contributed by atoms with Crippen LogP contribution >= 0.6 is 46.4 Å². The maximum atomic E-state index is 12.2. The molecule has 3 N–H and O–H groups in total. The van der Waals surface area contributed by atoms with E-state index in [0.29, 0.717) is 10.0 Å². The van der Waals surface area contributed by atoms with Crippen molar-refractivity contribution < 1.29 is 4.79 Å². The maximum Gasteiger partial charge on any atom is 0.257 e. The summed E-state index contributed by atoms with van der Waals surface area (Å²) in [4.78, 5) is 12.2. The van der Waals surface area contributed by atoms with Crippen molar-refractivity contribution in [3.05, 3.63) is 56.0 Å². The Balaban J connectivity index is 2.36. The summed E-state index contributed by atoms with van der Waals surface area (Å²) in [5, 5.41) is 3.73. The molecule has 20 heavy (non-hydrogen) atoms. The van der Waals surface area contributed by atoms with Crippen LogP contribution in [0.2, 0.25) is 20.1 Å². The van der Waals surface area contributed by atoms with Gasteiger partial charge in [0.15, 0.2) is 0 Å². The van der Waals surface area contributed by atoms with Crippen molar-refractivity contribution in [3.8, 4) is 0 Å². The Kier molecular flexibility index (Phi) is 4.66. The predicted octanol–water partition coefficient (Wildman–Crippen LogP) is 5.13. The van der Waals surface area contributed by atoms with Gasteiger partial charge in [0.25, 0.3) is 5.91 Å². The van der Waals surface area contributed by atoms with Crippen LogP contribution in [0.4, 0.5) is 11.4 Å². The Labute approximate surface area is 135 Å². The van der Waals surface area contributed by atoms with Crippen molar-refractivity contribution in [3.63, 3.8) is 0 Å². The molecule has 2 rings (SSSR count). The van der Waals surface area contributed by atoms with E-state index in [4.69, 9.17) is 52.1 Å². The van der Waals surface area contributed by atoms with Gasteiger partial charge in [-0.05, 0) is 24.3 Å². The third-order valence-electron chi connectivity index (χ3n) is 2.54. The number of hydrogen-bond acceptors (Lipinski definition) is 2. The number of amides is 1. The van der Waals surface area contributed by atoms with E-state index < -0.39 is 5.91 Å². The van der Waals surface area contributed by atoms with Gasteiger partial charge < -0.3 is 11.1 Å². The molecule has 0 aliphatic carbocycles. The van der Waals surface area contributed by atoms with E-state index in [0.717, 1.165) is 0 Å². The quantitative estimate of drug-likeness (QED) is 0.738. The standard InChI is InChI=1S/C13H8Cl4N2O/c14-6-4-9(16)12(10(17)5-6)19-13(20)7-2-1-3-8(15)11(7)18/h1-5H,18H2,(H,19,20). The predicted molar refractivity (Wildman–Crippen MR) is 85.3 cm³/mol. The number of carbonyl (C=O) groups excluding carboxylic acids is 1. The zero-order valence-electron chi connectivity index (χ0n) is 9.88. The number of nitrogens with one attached hydrogen (secondary N) is 1. The van der Waals surface area contributed by atoms with Gasteiger partial charge >= 0.3 is 0 Å². The highest BCUT2D eigenvalue weighted by atomic mass is 35.5. The van der Waals surface area contributed by atoms with Gasteiger partial charge in [-0.1, -0.05) is 52.5 Å². The second-order valence-electron chi connectivity index (χ2n) is 3.90. The van der Waals surface area contributed by atoms with Crippen LogP contribution in [0.15, 0.2) is 30.3 Å². The van der Waals surface area contributed by atoms with Crippen LogP contribution in [0.1, 0.15) is 10.4 Å². The molecule has 0 saturated heterocycles. The SMILES string of the molecule is Nc1c(Cl)cccc1C(=O)Nc1c(Cl)cc(Cl)cc1Cl. The molecule has 0 bridgehead atoms. The first-order valence-electron chi connectivity index (χ1n) is 5.40. The summed E-state index contributed by atoms with van der Waals surface area (Å²) in [5.74, 6) is -0.462. The average Bonchev–Trinajstić information content (AvgIpc) is 2.36. The smallest absolute Gasteiger partial charge is 0.257 e. The van der Waals surface area contributed by atoms with Gasteiger partial charge in [-0.15, -0.1) is 0 Å². The average molecular weight is 350 g/mol. The third-order valence-corrected chi connectivity index (χ3v) is 3.69. The number of hydrogen-bond donors (Lipinski definition) is 2. The Morgan fingerprint density at radius 3 is 2.20 bits per heavy atom. The number of nitrogens with two attached hydrogens (primary N) is 1. The lowest BCUT2D eigenvalue weighted by atomic mass is 10.1. The van der Waals surface area contributed by atoms with Crippen molar-refractivity contribution >= 4 is 63.7 Å². The van der Waals surface area contributed by atoms with Gasteiger partial charge in [0.1, 0.15) is 0 Å². The highest BCUT2D eigenvalue weighted by molar-refractivity contribution is 6.42. The van der Waals surface area contributed by atoms with Crippen LogP contribution in [0.5, 0.6) is 0 Å². The number of nitrogen functional groups attached to an aromatic ring is 1. The zero-order chi connectivity index (χ0) is 14.9. The van der Waals surface area contributed by atoms with E-state index in [2.05, 4.69) is 5.32 Å². The fourth-order valence-electron chi connectivity index (χ4n) is 1.58. The molecule has 0 atom stereocenters. The molecule has 2 aromatic carbocycles. The Morgan fingerprint density at radius 2 is 1.60 bits per heavy atom. The summed E-state index contributed by atoms with van der Waals surface area (Å²) in [6.07, 6.45) is 0. The second-order valence-corrected chi connectivity index (χ2v) is 5.56. The van der Waals surface area contributed by atoms with Crippen LogP contribution in [-0.4, -0.2) is 5.91 Å². The lowest BCUT2D eigenvalue weighted by molar-refractivity contribution is 0.102.